The summed E-state index contributed by atoms with van der Waals surface area (Å²) >= 11 is 0. The van der Waals surface area contributed by atoms with E-state index in [0.717, 1.165) is 18.8 Å². The summed E-state index contributed by atoms with van der Waals surface area (Å²) in [5.74, 6) is 0.950. The van der Waals surface area contributed by atoms with Gasteiger partial charge in [-0.1, -0.05) is 6.92 Å². The highest BCUT2D eigenvalue weighted by atomic mass is 15.2. The van der Waals surface area contributed by atoms with Crippen molar-refractivity contribution in [1.29, 1.82) is 5.26 Å². The first kappa shape index (κ1) is 11.5. The van der Waals surface area contributed by atoms with Crippen molar-refractivity contribution in [2.45, 2.75) is 33.2 Å². The van der Waals surface area contributed by atoms with Crippen LogP contribution >= 0.6 is 0 Å². The van der Waals surface area contributed by atoms with Crippen molar-refractivity contribution in [2.24, 2.45) is 0 Å². The smallest absolute Gasteiger partial charge is 0.128 e. The first-order chi connectivity index (χ1) is 7.22. The van der Waals surface area contributed by atoms with Gasteiger partial charge in [-0.15, -0.1) is 0 Å². The summed E-state index contributed by atoms with van der Waals surface area (Å²) < 4.78 is 0. The normalized spacial score (nSPS) is 11.9. The second-order valence-corrected chi connectivity index (χ2v) is 3.56. The Hall–Kier alpha value is -1.56. The van der Waals surface area contributed by atoms with E-state index >= 15 is 0 Å². The Morgan fingerprint density at radius 1 is 1.47 bits per heavy atom. The van der Waals surface area contributed by atoms with Gasteiger partial charge in [-0.2, -0.15) is 5.26 Å². The number of pyridine rings is 1. The van der Waals surface area contributed by atoms with Crippen molar-refractivity contribution in [2.75, 3.05) is 11.4 Å². The van der Waals surface area contributed by atoms with E-state index in [9.17, 15) is 0 Å². The van der Waals surface area contributed by atoms with Crippen LogP contribution in [0, 0.1) is 11.3 Å². The molecule has 1 aromatic heterocycles. The Morgan fingerprint density at radius 2 is 2.20 bits per heavy atom. The molecule has 1 aromatic rings. The van der Waals surface area contributed by atoms with Crippen LogP contribution in [0.1, 0.15) is 32.8 Å². The van der Waals surface area contributed by atoms with Gasteiger partial charge in [0.2, 0.25) is 0 Å². The van der Waals surface area contributed by atoms with Crippen LogP contribution < -0.4 is 4.90 Å². The molecule has 0 radical (unpaired) electrons. The van der Waals surface area contributed by atoms with Crippen molar-refractivity contribution in [3.63, 3.8) is 0 Å². The van der Waals surface area contributed by atoms with Crippen LogP contribution in [0.2, 0.25) is 0 Å². The Labute approximate surface area is 91.4 Å². The zero-order valence-corrected chi connectivity index (χ0v) is 9.57. The molecule has 0 bridgehead atoms. The summed E-state index contributed by atoms with van der Waals surface area (Å²) in [6, 6.07) is 6.28. The lowest BCUT2D eigenvalue weighted by molar-refractivity contribution is 0.623. The van der Waals surface area contributed by atoms with E-state index in [1.807, 2.05) is 12.1 Å². The van der Waals surface area contributed by atoms with Crippen molar-refractivity contribution < 1.29 is 0 Å². The largest absolute Gasteiger partial charge is 0.354 e. The summed E-state index contributed by atoms with van der Waals surface area (Å²) in [5, 5.41) is 8.68. The number of nitrogens with zero attached hydrogens (tertiary/aromatic N) is 3. The topological polar surface area (TPSA) is 39.9 Å². The third-order valence-electron chi connectivity index (χ3n) is 2.63. The molecular formula is C12H17N3. The minimum absolute atomic E-state index is 0.482. The highest BCUT2D eigenvalue weighted by Crippen LogP contribution is 2.15. The number of nitriles is 1. The second-order valence-electron chi connectivity index (χ2n) is 3.56. The van der Waals surface area contributed by atoms with Crippen LogP contribution in [0.5, 0.6) is 0 Å². The molecule has 0 saturated carbocycles. The van der Waals surface area contributed by atoms with E-state index < -0.39 is 0 Å². The summed E-state index contributed by atoms with van der Waals surface area (Å²) in [4.78, 5) is 6.53. The van der Waals surface area contributed by atoms with Gasteiger partial charge < -0.3 is 4.90 Å². The molecule has 0 aliphatic rings. The summed E-state index contributed by atoms with van der Waals surface area (Å²) in [6.07, 6.45) is 2.72. The molecule has 1 rings (SSSR count). The van der Waals surface area contributed by atoms with Crippen LogP contribution in [0.4, 0.5) is 5.82 Å². The lowest BCUT2D eigenvalue weighted by Crippen LogP contribution is -2.32. The number of hydrogen-bond acceptors (Lipinski definition) is 3. The molecule has 1 unspecified atom stereocenters. The highest BCUT2D eigenvalue weighted by molar-refractivity contribution is 5.42. The maximum absolute atomic E-state index is 8.68. The van der Waals surface area contributed by atoms with Gasteiger partial charge in [0.05, 0.1) is 5.56 Å². The van der Waals surface area contributed by atoms with Crippen molar-refractivity contribution in [3.05, 3.63) is 23.9 Å². The van der Waals surface area contributed by atoms with Crippen LogP contribution in [0.3, 0.4) is 0 Å². The van der Waals surface area contributed by atoms with E-state index in [4.69, 9.17) is 5.26 Å². The lowest BCUT2D eigenvalue weighted by Gasteiger charge is -2.28. The fourth-order valence-corrected chi connectivity index (χ4v) is 1.54. The molecule has 0 aliphatic heterocycles. The SMILES string of the molecule is CCC(C)N(CC)c1ccc(C#N)cn1. The van der Waals surface area contributed by atoms with E-state index in [-0.39, 0.29) is 0 Å². The van der Waals surface area contributed by atoms with Gasteiger partial charge >= 0.3 is 0 Å². The molecule has 1 heterocycles. The number of rotatable bonds is 4. The summed E-state index contributed by atoms with van der Waals surface area (Å²) in [6.45, 7) is 7.40. The maximum Gasteiger partial charge on any atom is 0.128 e. The maximum atomic E-state index is 8.68. The second kappa shape index (κ2) is 5.35. The Kier molecular flexibility index (Phi) is 4.11. The molecule has 3 heteroatoms. The molecule has 0 aromatic carbocycles. The van der Waals surface area contributed by atoms with Gasteiger partial charge in [0.1, 0.15) is 11.9 Å². The van der Waals surface area contributed by atoms with Gasteiger partial charge in [-0.3, -0.25) is 0 Å². The van der Waals surface area contributed by atoms with E-state index in [1.165, 1.54) is 0 Å². The first-order valence-electron chi connectivity index (χ1n) is 5.35. The van der Waals surface area contributed by atoms with Gasteiger partial charge in [0.15, 0.2) is 0 Å². The van der Waals surface area contributed by atoms with Gasteiger partial charge in [-0.05, 0) is 32.4 Å². The molecule has 0 aliphatic carbocycles. The van der Waals surface area contributed by atoms with Crippen LogP contribution in [-0.4, -0.2) is 17.6 Å². The quantitative estimate of drug-likeness (QED) is 0.755. The molecular weight excluding hydrogens is 186 g/mol. The average molecular weight is 203 g/mol. The van der Waals surface area contributed by atoms with Crippen molar-refractivity contribution in [3.8, 4) is 6.07 Å². The van der Waals surface area contributed by atoms with Crippen molar-refractivity contribution >= 4 is 5.82 Å². The van der Waals surface area contributed by atoms with Crippen LogP contribution in [0.15, 0.2) is 18.3 Å². The van der Waals surface area contributed by atoms with E-state index in [1.54, 1.807) is 6.20 Å². The zero-order chi connectivity index (χ0) is 11.3. The molecule has 0 fully saturated rings. The minimum atomic E-state index is 0.482. The average Bonchev–Trinajstić information content (AvgIpc) is 2.30. The monoisotopic (exact) mass is 203 g/mol. The third kappa shape index (κ3) is 2.69. The van der Waals surface area contributed by atoms with Crippen LogP contribution in [0.25, 0.3) is 0 Å². The number of anilines is 1. The summed E-state index contributed by atoms with van der Waals surface area (Å²) in [5.41, 5.74) is 0.610. The predicted molar refractivity (Wildman–Crippen MR) is 61.7 cm³/mol. The standard InChI is InChI=1S/C12H17N3/c1-4-10(3)15(5-2)12-7-6-11(8-13)9-14-12/h6-7,9-10H,4-5H2,1-3H3. The first-order valence-corrected chi connectivity index (χ1v) is 5.35. The molecule has 0 saturated heterocycles. The molecule has 0 spiro atoms. The van der Waals surface area contributed by atoms with E-state index in [2.05, 4.69) is 36.7 Å². The lowest BCUT2D eigenvalue weighted by atomic mass is 10.2. The van der Waals surface area contributed by atoms with E-state index in [0.29, 0.717) is 11.6 Å². The predicted octanol–water partition coefficient (Wildman–Crippen LogP) is 2.58. The zero-order valence-electron chi connectivity index (χ0n) is 9.57. The Morgan fingerprint density at radius 3 is 2.60 bits per heavy atom. The molecule has 15 heavy (non-hydrogen) atoms. The van der Waals surface area contributed by atoms with Crippen molar-refractivity contribution in [1.82, 2.24) is 4.98 Å². The highest BCUT2D eigenvalue weighted by Gasteiger charge is 2.11. The van der Waals surface area contributed by atoms with Crippen LogP contribution in [-0.2, 0) is 0 Å². The molecule has 0 amide bonds. The Balaban J connectivity index is 2.89. The van der Waals surface area contributed by atoms with Gasteiger partial charge in [0.25, 0.3) is 0 Å². The molecule has 1 atom stereocenters. The Bertz CT molecular complexity index is 337. The molecule has 80 valence electrons. The summed E-state index contributed by atoms with van der Waals surface area (Å²) in [7, 11) is 0. The van der Waals surface area contributed by atoms with Gasteiger partial charge in [-0.25, -0.2) is 4.98 Å². The fourth-order valence-electron chi connectivity index (χ4n) is 1.54. The number of hydrogen-bond donors (Lipinski definition) is 0. The van der Waals surface area contributed by atoms with Gasteiger partial charge in [0, 0.05) is 18.8 Å². The molecule has 0 N–H and O–H groups in total. The number of aromatic nitrogens is 1. The third-order valence-corrected chi connectivity index (χ3v) is 2.63. The fraction of sp³-hybridized carbons (Fsp3) is 0.500. The minimum Gasteiger partial charge on any atom is -0.354 e. The molecule has 3 nitrogen and oxygen atoms in total.